The van der Waals surface area contributed by atoms with Crippen molar-refractivity contribution in [1.29, 1.82) is 0 Å². The first-order valence-electron chi connectivity index (χ1n) is 4.73. The molecule has 1 atom stereocenters. The molecule has 1 rings (SSSR count). The summed E-state index contributed by atoms with van der Waals surface area (Å²) < 4.78 is 0. The van der Waals surface area contributed by atoms with Gasteiger partial charge in [0.2, 0.25) is 5.91 Å². The molecule has 0 aromatic rings. The summed E-state index contributed by atoms with van der Waals surface area (Å²) in [6.07, 6.45) is 3.69. The van der Waals surface area contributed by atoms with Gasteiger partial charge >= 0.3 is 0 Å². The van der Waals surface area contributed by atoms with Gasteiger partial charge in [0.1, 0.15) is 0 Å². The number of nitrogens with zero attached hydrogens (tertiary/aromatic N) is 2. The van der Waals surface area contributed by atoms with Crippen LogP contribution in [0.3, 0.4) is 0 Å². The fraction of sp³-hybridized carbons (Fsp3) is 0.700. The van der Waals surface area contributed by atoms with Crippen LogP contribution in [0.5, 0.6) is 0 Å². The van der Waals surface area contributed by atoms with Crippen molar-refractivity contribution in [3.8, 4) is 0 Å². The highest BCUT2D eigenvalue weighted by atomic mass is 16.2. The normalized spacial score (nSPS) is 23.3. The minimum atomic E-state index is 0.0616. The maximum Gasteiger partial charge on any atom is 0.246 e. The highest BCUT2D eigenvalue weighted by Crippen LogP contribution is 2.13. The van der Waals surface area contributed by atoms with E-state index in [1.54, 1.807) is 0 Å². The summed E-state index contributed by atoms with van der Waals surface area (Å²) in [5, 5.41) is 0. The Morgan fingerprint density at radius 3 is 2.85 bits per heavy atom. The number of carbonyl (C=O) groups is 1. The van der Waals surface area contributed by atoms with Gasteiger partial charge in [0.15, 0.2) is 0 Å². The van der Waals surface area contributed by atoms with Crippen LogP contribution in [0.1, 0.15) is 12.8 Å². The first kappa shape index (κ1) is 10.3. The summed E-state index contributed by atoms with van der Waals surface area (Å²) in [5.74, 6) is 0.0616. The quantitative estimate of drug-likeness (QED) is 0.588. The molecule has 1 amide bonds. The Morgan fingerprint density at radius 1 is 1.62 bits per heavy atom. The number of piperidine rings is 1. The fourth-order valence-electron chi connectivity index (χ4n) is 1.71. The van der Waals surface area contributed by atoms with Crippen LogP contribution < -0.4 is 0 Å². The standard InChI is InChI=1S/C10H18N2O/c1-4-10(13)12-7-5-6-9(8-12)11(2)3/h4,9H,1,5-8H2,2-3H3. The Hall–Kier alpha value is -0.830. The van der Waals surface area contributed by atoms with Crippen molar-refractivity contribution in [2.75, 3.05) is 27.2 Å². The third kappa shape index (κ3) is 2.56. The molecule has 0 spiro atoms. The van der Waals surface area contributed by atoms with Crippen LogP contribution in [0.4, 0.5) is 0 Å². The molecule has 13 heavy (non-hydrogen) atoms. The third-order valence-corrected chi connectivity index (χ3v) is 2.61. The van der Waals surface area contributed by atoms with Gasteiger partial charge in [-0.3, -0.25) is 4.79 Å². The number of hydrogen-bond donors (Lipinski definition) is 0. The Kier molecular flexibility index (Phi) is 3.48. The van der Waals surface area contributed by atoms with E-state index in [1.807, 2.05) is 4.90 Å². The van der Waals surface area contributed by atoms with Crippen molar-refractivity contribution >= 4 is 5.91 Å². The third-order valence-electron chi connectivity index (χ3n) is 2.61. The average Bonchev–Trinajstić information content (AvgIpc) is 2.17. The molecule has 0 aromatic carbocycles. The smallest absolute Gasteiger partial charge is 0.246 e. The molecule has 74 valence electrons. The molecule has 1 fully saturated rings. The van der Waals surface area contributed by atoms with Crippen molar-refractivity contribution in [2.45, 2.75) is 18.9 Å². The number of likely N-dealkylation sites (tertiary alicyclic amines) is 1. The number of rotatable bonds is 2. The SMILES string of the molecule is C=CC(=O)N1CCCC(N(C)C)C1. The zero-order chi connectivity index (χ0) is 9.84. The lowest BCUT2D eigenvalue weighted by molar-refractivity contribution is -0.127. The Balaban J connectivity index is 2.51. The molecule has 1 heterocycles. The monoisotopic (exact) mass is 182 g/mol. The number of carbonyl (C=O) groups excluding carboxylic acids is 1. The molecule has 1 aliphatic rings. The van der Waals surface area contributed by atoms with Gasteiger partial charge in [-0.15, -0.1) is 0 Å². The van der Waals surface area contributed by atoms with Crippen LogP contribution in [0, 0.1) is 0 Å². The van der Waals surface area contributed by atoms with Gasteiger partial charge in [0.05, 0.1) is 0 Å². The average molecular weight is 182 g/mol. The molecule has 1 aliphatic heterocycles. The first-order valence-corrected chi connectivity index (χ1v) is 4.73. The molecular weight excluding hydrogens is 164 g/mol. The molecule has 0 saturated carbocycles. The lowest BCUT2D eigenvalue weighted by atomic mass is 10.1. The summed E-state index contributed by atoms with van der Waals surface area (Å²) >= 11 is 0. The molecule has 1 unspecified atom stereocenters. The van der Waals surface area contributed by atoms with Crippen LogP contribution in [0.25, 0.3) is 0 Å². The number of amides is 1. The minimum absolute atomic E-state index is 0.0616. The predicted octanol–water partition coefficient (Wildman–Crippen LogP) is 0.725. The molecular formula is C10H18N2O. The molecule has 1 saturated heterocycles. The lowest BCUT2D eigenvalue weighted by Crippen LogP contribution is -2.46. The second-order valence-electron chi connectivity index (χ2n) is 3.75. The van der Waals surface area contributed by atoms with Crippen LogP contribution in [-0.2, 0) is 4.79 Å². The number of hydrogen-bond acceptors (Lipinski definition) is 2. The molecule has 0 aliphatic carbocycles. The van der Waals surface area contributed by atoms with E-state index >= 15 is 0 Å². The molecule has 0 aromatic heterocycles. The van der Waals surface area contributed by atoms with Gasteiger partial charge in [0, 0.05) is 19.1 Å². The number of likely N-dealkylation sites (N-methyl/N-ethyl adjacent to an activating group) is 1. The topological polar surface area (TPSA) is 23.6 Å². The van der Waals surface area contributed by atoms with Crippen molar-refractivity contribution in [3.05, 3.63) is 12.7 Å². The minimum Gasteiger partial charge on any atom is -0.338 e. The molecule has 0 N–H and O–H groups in total. The zero-order valence-corrected chi connectivity index (χ0v) is 8.49. The van der Waals surface area contributed by atoms with Crippen molar-refractivity contribution in [1.82, 2.24) is 9.80 Å². The highest BCUT2D eigenvalue weighted by molar-refractivity contribution is 5.87. The molecule has 3 nitrogen and oxygen atoms in total. The van der Waals surface area contributed by atoms with Gasteiger partial charge in [0.25, 0.3) is 0 Å². The Morgan fingerprint density at radius 2 is 2.31 bits per heavy atom. The van der Waals surface area contributed by atoms with Crippen molar-refractivity contribution in [2.24, 2.45) is 0 Å². The fourth-order valence-corrected chi connectivity index (χ4v) is 1.71. The van der Waals surface area contributed by atoms with E-state index in [-0.39, 0.29) is 5.91 Å². The summed E-state index contributed by atoms with van der Waals surface area (Å²) in [5.41, 5.74) is 0. The summed E-state index contributed by atoms with van der Waals surface area (Å²) in [6.45, 7) is 5.23. The Bertz CT molecular complexity index is 201. The second kappa shape index (κ2) is 4.42. The van der Waals surface area contributed by atoms with E-state index < -0.39 is 0 Å². The van der Waals surface area contributed by atoms with Gasteiger partial charge in [-0.25, -0.2) is 0 Å². The van der Waals surface area contributed by atoms with E-state index in [9.17, 15) is 4.79 Å². The van der Waals surface area contributed by atoms with Gasteiger partial charge in [-0.2, -0.15) is 0 Å². The molecule has 0 bridgehead atoms. The maximum atomic E-state index is 11.3. The van der Waals surface area contributed by atoms with Crippen molar-refractivity contribution < 1.29 is 4.79 Å². The van der Waals surface area contributed by atoms with Crippen LogP contribution in [-0.4, -0.2) is 48.9 Å². The largest absolute Gasteiger partial charge is 0.338 e. The maximum absolute atomic E-state index is 11.3. The van der Waals surface area contributed by atoms with Crippen molar-refractivity contribution in [3.63, 3.8) is 0 Å². The highest BCUT2D eigenvalue weighted by Gasteiger charge is 2.22. The Labute approximate surface area is 80.0 Å². The molecule has 0 radical (unpaired) electrons. The zero-order valence-electron chi connectivity index (χ0n) is 8.49. The summed E-state index contributed by atoms with van der Waals surface area (Å²) in [6, 6.07) is 0.512. The van der Waals surface area contributed by atoms with Crippen LogP contribution >= 0.6 is 0 Å². The van der Waals surface area contributed by atoms with E-state index in [0.29, 0.717) is 6.04 Å². The van der Waals surface area contributed by atoms with Crippen LogP contribution in [0.2, 0.25) is 0 Å². The predicted molar refractivity (Wildman–Crippen MR) is 53.5 cm³/mol. The van der Waals surface area contributed by atoms with Gasteiger partial charge in [-0.05, 0) is 33.0 Å². The summed E-state index contributed by atoms with van der Waals surface area (Å²) in [4.78, 5) is 15.4. The lowest BCUT2D eigenvalue weighted by Gasteiger charge is -2.35. The van der Waals surface area contributed by atoms with E-state index in [0.717, 1.165) is 19.5 Å². The molecule has 3 heteroatoms. The van der Waals surface area contributed by atoms with E-state index in [1.165, 1.54) is 12.5 Å². The second-order valence-corrected chi connectivity index (χ2v) is 3.75. The first-order chi connectivity index (χ1) is 6.15. The van der Waals surface area contributed by atoms with Gasteiger partial charge in [-0.1, -0.05) is 6.58 Å². The van der Waals surface area contributed by atoms with Gasteiger partial charge < -0.3 is 9.80 Å². The van der Waals surface area contributed by atoms with E-state index in [2.05, 4.69) is 25.6 Å². The summed E-state index contributed by atoms with van der Waals surface area (Å²) in [7, 11) is 4.12. The van der Waals surface area contributed by atoms with Crippen LogP contribution in [0.15, 0.2) is 12.7 Å². The van der Waals surface area contributed by atoms with E-state index in [4.69, 9.17) is 0 Å².